The highest BCUT2D eigenvalue weighted by Crippen LogP contribution is 2.34. The second-order valence-corrected chi connectivity index (χ2v) is 9.23. The summed E-state index contributed by atoms with van der Waals surface area (Å²) in [5, 5.41) is 4.79. The van der Waals surface area contributed by atoms with Crippen molar-refractivity contribution in [3.63, 3.8) is 0 Å². The fraction of sp³-hybridized carbons (Fsp3) is 0.100. The lowest BCUT2D eigenvalue weighted by Gasteiger charge is -2.11. The molecular formula is C30H23N5. The minimum atomic E-state index is 0.626. The van der Waals surface area contributed by atoms with Gasteiger partial charge in [-0.1, -0.05) is 59.7 Å². The molecule has 0 aliphatic rings. The molecule has 0 amide bonds. The Labute approximate surface area is 202 Å². The summed E-state index contributed by atoms with van der Waals surface area (Å²) in [4.78, 5) is 14.7. The van der Waals surface area contributed by atoms with E-state index in [1.807, 2.05) is 6.92 Å². The molecule has 3 heterocycles. The fourth-order valence-corrected chi connectivity index (χ4v) is 5.26. The average molecular weight is 454 g/mol. The van der Waals surface area contributed by atoms with Gasteiger partial charge in [-0.2, -0.15) is 15.0 Å². The second kappa shape index (κ2) is 7.24. The van der Waals surface area contributed by atoms with Gasteiger partial charge < -0.3 is 0 Å². The van der Waals surface area contributed by atoms with Crippen LogP contribution < -0.4 is 0 Å². The molecule has 0 aliphatic carbocycles. The maximum Gasteiger partial charge on any atom is 0.239 e. The smallest absolute Gasteiger partial charge is 0.239 e. The number of para-hydroxylation sites is 2. The van der Waals surface area contributed by atoms with Gasteiger partial charge in [0.2, 0.25) is 11.9 Å². The van der Waals surface area contributed by atoms with Crippen LogP contribution in [0.3, 0.4) is 0 Å². The van der Waals surface area contributed by atoms with Crippen LogP contribution in [0.25, 0.3) is 55.5 Å². The highest BCUT2D eigenvalue weighted by atomic mass is 15.3. The number of aromatic nitrogens is 5. The van der Waals surface area contributed by atoms with E-state index in [1.165, 1.54) is 32.7 Å². The zero-order chi connectivity index (χ0) is 23.7. The first kappa shape index (κ1) is 19.9. The van der Waals surface area contributed by atoms with Crippen molar-refractivity contribution < 1.29 is 0 Å². The number of fused-ring (bicyclic) bond motifs is 6. The van der Waals surface area contributed by atoms with E-state index in [1.54, 1.807) is 0 Å². The van der Waals surface area contributed by atoms with Gasteiger partial charge in [0.05, 0.1) is 22.1 Å². The highest BCUT2D eigenvalue weighted by molar-refractivity contribution is 6.10. The maximum absolute atomic E-state index is 5.07. The Morgan fingerprint density at radius 3 is 1.37 bits per heavy atom. The van der Waals surface area contributed by atoms with Crippen molar-refractivity contribution in [3.05, 3.63) is 102 Å². The molecule has 0 radical (unpaired) electrons. The molecule has 3 aromatic heterocycles. The minimum Gasteiger partial charge on any atom is -0.278 e. The van der Waals surface area contributed by atoms with Gasteiger partial charge in [0.15, 0.2) is 0 Å². The van der Waals surface area contributed by atoms with E-state index in [4.69, 9.17) is 15.0 Å². The number of nitrogens with zero attached hydrogens (tertiary/aromatic N) is 5. The Bertz CT molecular complexity index is 1800. The van der Waals surface area contributed by atoms with Gasteiger partial charge in [0, 0.05) is 21.5 Å². The topological polar surface area (TPSA) is 48.5 Å². The van der Waals surface area contributed by atoms with Crippen molar-refractivity contribution in [1.82, 2.24) is 24.1 Å². The molecule has 0 aliphatic heterocycles. The molecule has 0 fully saturated rings. The Morgan fingerprint density at radius 2 is 0.886 bits per heavy atom. The van der Waals surface area contributed by atoms with Gasteiger partial charge in [-0.25, -0.2) is 0 Å². The predicted octanol–water partition coefficient (Wildman–Crippen LogP) is 6.99. The quantitative estimate of drug-likeness (QED) is 0.283. The van der Waals surface area contributed by atoms with Crippen LogP contribution in [0.1, 0.15) is 17.0 Å². The van der Waals surface area contributed by atoms with Gasteiger partial charge in [-0.3, -0.25) is 9.13 Å². The number of aryl methyl sites for hydroxylation is 3. The fourth-order valence-electron chi connectivity index (χ4n) is 5.26. The third kappa shape index (κ3) is 2.91. The maximum atomic E-state index is 5.07. The average Bonchev–Trinajstić information content (AvgIpc) is 3.36. The Balaban J connectivity index is 1.57. The summed E-state index contributed by atoms with van der Waals surface area (Å²) in [6.07, 6.45) is 0. The predicted molar refractivity (Wildman–Crippen MR) is 143 cm³/mol. The van der Waals surface area contributed by atoms with Gasteiger partial charge in [0.1, 0.15) is 5.82 Å². The molecule has 0 saturated carbocycles. The van der Waals surface area contributed by atoms with E-state index in [0.29, 0.717) is 17.7 Å². The molecule has 5 heteroatoms. The molecule has 168 valence electrons. The number of hydrogen-bond acceptors (Lipinski definition) is 3. The van der Waals surface area contributed by atoms with Gasteiger partial charge in [-0.05, 0) is 57.2 Å². The Morgan fingerprint density at radius 1 is 0.457 bits per heavy atom. The first-order valence-electron chi connectivity index (χ1n) is 11.8. The highest BCUT2D eigenvalue weighted by Gasteiger charge is 2.18. The monoisotopic (exact) mass is 453 g/mol. The van der Waals surface area contributed by atoms with Crippen LogP contribution in [0, 0.1) is 20.8 Å². The Kier molecular flexibility index (Phi) is 4.12. The summed E-state index contributed by atoms with van der Waals surface area (Å²) in [6, 6.07) is 30.0. The summed E-state index contributed by atoms with van der Waals surface area (Å²) in [5.74, 6) is 1.93. The van der Waals surface area contributed by atoms with Crippen molar-refractivity contribution in [2.24, 2.45) is 0 Å². The van der Waals surface area contributed by atoms with E-state index in [9.17, 15) is 0 Å². The molecule has 0 bridgehead atoms. The van der Waals surface area contributed by atoms with E-state index >= 15 is 0 Å². The molecule has 0 atom stereocenters. The molecule has 35 heavy (non-hydrogen) atoms. The summed E-state index contributed by atoms with van der Waals surface area (Å²) < 4.78 is 4.31. The third-order valence-corrected chi connectivity index (χ3v) is 6.78. The lowest BCUT2D eigenvalue weighted by atomic mass is 10.1. The van der Waals surface area contributed by atoms with Crippen LogP contribution in [0.2, 0.25) is 0 Å². The van der Waals surface area contributed by atoms with Crippen LogP contribution in [0.4, 0.5) is 0 Å². The summed E-state index contributed by atoms with van der Waals surface area (Å²) in [6.45, 7) is 6.19. The summed E-state index contributed by atoms with van der Waals surface area (Å²) in [5.41, 5.74) is 6.81. The van der Waals surface area contributed by atoms with E-state index in [2.05, 4.69) is 108 Å². The molecule has 7 aromatic rings. The lowest BCUT2D eigenvalue weighted by molar-refractivity contribution is 0.855. The Hall–Kier alpha value is -4.51. The number of benzene rings is 4. The minimum absolute atomic E-state index is 0.626. The zero-order valence-electron chi connectivity index (χ0n) is 19.8. The lowest BCUT2D eigenvalue weighted by Crippen LogP contribution is -2.10. The molecule has 0 N–H and O–H groups in total. The molecule has 4 aromatic carbocycles. The van der Waals surface area contributed by atoms with Crippen LogP contribution in [0.5, 0.6) is 0 Å². The van der Waals surface area contributed by atoms with Crippen LogP contribution in [0.15, 0.2) is 84.9 Å². The van der Waals surface area contributed by atoms with Crippen molar-refractivity contribution in [2.45, 2.75) is 20.8 Å². The molecule has 0 spiro atoms. The largest absolute Gasteiger partial charge is 0.278 e. The van der Waals surface area contributed by atoms with Crippen LogP contribution in [-0.2, 0) is 0 Å². The molecule has 5 nitrogen and oxygen atoms in total. The van der Waals surface area contributed by atoms with Crippen molar-refractivity contribution in [2.75, 3.05) is 0 Å². The first-order chi connectivity index (χ1) is 17.1. The van der Waals surface area contributed by atoms with Gasteiger partial charge >= 0.3 is 0 Å². The van der Waals surface area contributed by atoms with E-state index in [0.717, 1.165) is 22.1 Å². The van der Waals surface area contributed by atoms with Gasteiger partial charge in [-0.15, -0.1) is 0 Å². The molecule has 0 unspecified atom stereocenters. The number of rotatable bonds is 2. The summed E-state index contributed by atoms with van der Waals surface area (Å²) in [7, 11) is 0. The van der Waals surface area contributed by atoms with Gasteiger partial charge in [0.25, 0.3) is 0 Å². The SMILES string of the molecule is Cc1ccc2c(c1)c1ccccc1n2-c1nc(C)nc(-n2c3ccccc3c3cc(C)ccc32)n1. The normalized spacial score (nSPS) is 11.9. The van der Waals surface area contributed by atoms with E-state index in [-0.39, 0.29) is 0 Å². The molecule has 7 rings (SSSR count). The summed E-state index contributed by atoms with van der Waals surface area (Å²) >= 11 is 0. The molecule has 0 saturated heterocycles. The van der Waals surface area contributed by atoms with Crippen molar-refractivity contribution in [3.8, 4) is 11.9 Å². The van der Waals surface area contributed by atoms with Crippen LogP contribution >= 0.6 is 0 Å². The standard InChI is InChI=1S/C30H23N5/c1-18-12-14-27-23(16-18)21-8-4-6-10-25(21)34(27)29-31-20(3)32-30(33-29)35-26-11-7-5-9-22(26)24-17-19(2)13-15-28(24)35/h4-17H,1-3H3. The first-order valence-corrected chi connectivity index (χ1v) is 11.8. The van der Waals surface area contributed by atoms with E-state index < -0.39 is 0 Å². The molecular weight excluding hydrogens is 430 g/mol. The van der Waals surface area contributed by atoms with Crippen molar-refractivity contribution in [1.29, 1.82) is 0 Å². The zero-order valence-corrected chi connectivity index (χ0v) is 19.8. The van der Waals surface area contributed by atoms with Crippen LogP contribution in [-0.4, -0.2) is 24.1 Å². The second-order valence-electron chi connectivity index (χ2n) is 9.23. The number of hydrogen-bond donors (Lipinski definition) is 0. The third-order valence-electron chi connectivity index (χ3n) is 6.78. The van der Waals surface area contributed by atoms with Crippen molar-refractivity contribution >= 4 is 43.6 Å².